The molecule has 0 atom stereocenters. The van der Waals surface area contributed by atoms with Crippen LogP contribution in [0.15, 0.2) is 0 Å². The molecule has 0 spiro atoms. The molecule has 0 unspecified atom stereocenters. The summed E-state index contributed by atoms with van der Waals surface area (Å²) in [6.07, 6.45) is 1.32. The van der Waals surface area contributed by atoms with Gasteiger partial charge >= 0.3 is 9.29 Å². The molecule has 0 aliphatic carbocycles. The van der Waals surface area contributed by atoms with Crippen molar-refractivity contribution in [3.63, 3.8) is 0 Å². The summed E-state index contributed by atoms with van der Waals surface area (Å²) in [5.74, 6) is 5.31. The lowest BCUT2D eigenvalue weighted by Crippen LogP contribution is -1.94. The van der Waals surface area contributed by atoms with E-state index < -0.39 is 9.29 Å². The molecule has 2 nitrogen and oxygen atoms in total. The summed E-state index contributed by atoms with van der Waals surface area (Å²) in [4.78, 5) is 0. The van der Waals surface area contributed by atoms with Crippen molar-refractivity contribution in [3.8, 4) is 0 Å². The highest BCUT2D eigenvalue weighted by atomic mass is 32.2. The van der Waals surface area contributed by atoms with Gasteiger partial charge in [-0.2, -0.15) is 12.6 Å². The van der Waals surface area contributed by atoms with Crippen molar-refractivity contribution in [2.24, 2.45) is 0 Å². The van der Waals surface area contributed by atoms with Gasteiger partial charge in [0.15, 0.2) is 0 Å². The Morgan fingerprint density at radius 3 is 1.92 bits per heavy atom. The molecule has 0 bridgehead atoms. The monoisotopic (exact) mass is 226 g/mol. The van der Waals surface area contributed by atoms with Gasteiger partial charge in [-0.3, -0.25) is 19.8 Å². The lowest BCUT2D eigenvalue weighted by Gasteiger charge is -2.15. The zero-order valence-electron chi connectivity index (χ0n) is 7.75. The molecule has 0 saturated carbocycles. The fourth-order valence-corrected chi connectivity index (χ4v) is 2.93. The van der Waals surface area contributed by atoms with Gasteiger partial charge in [0.05, 0.1) is 0 Å². The van der Waals surface area contributed by atoms with Crippen LogP contribution in [0.1, 0.15) is 20.3 Å². The summed E-state index contributed by atoms with van der Waals surface area (Å²) >= 11 is 4.18. The molecule has 0 fully saturated rings. The zero-order valence-corrected chi connectivity index (χ0v) is 10.5. The summed E-state index contributed by atoms with van der Waals surface area (Å²) < 4.78 is 16.8. The Bertz CT molecular complexity index is 112. The van der Waals surface area contributed by atoms with Gasteiger partial charge in [0.2, 0.25) is 0 Å². The van der Waals surface area contributed by atoms with E-state index >= 15 is 0 Å². The van der Waals surface area contributed by atoms with Gasteiger partial charge in [-0.15, -0.1) is 0 Å². The van der Waals surface area contributed by atoms with E-state index in [1.54, 1.807) is 0 Å². The Kier molecular flexibility index (Phi) is 17.6. The highest BCUT2D eigenvalue weighted by molar-refractivity contribution is 8.16. The minimum Gasteiger partial charge on any atom is -0.274 e. The van der Waals surface area contributed by atoms with E-state index in [4.69, 9.17) is 8.92 Å². The molecule has 74 valence electrons. The standard InChI is InChI=1S/C7H18S2.O2Si/c1-3-9(4-2)7-5-6-8;1-3-2/h8-9H,3-7H2,1-2H3;. The summed E-state index contributed by atoms with van der Waals surface area (Å²) in [5, 5.41) is 0. The average Bonchev–Trinajstić information content (AvgIpc) is 2.08. The van der Waals surface area contributed by atoms with Crippen molar-refractivity contribution in [1.82, 2.24) is 0 Å². The van der Waals surface area contributed by atoms with Gasteiger partial charge in [-0.1, -0.05) is 13.8 Å². The van der Waals surface area contributed by atoms with Crippen LogP contribution >= 0.6 is 23.5 Å². The quantitative estimate of drug-likeness (QED) is 0.553. The maximum atomic E-state index is 8.40. The second-order valence-corrected chi connectivity index (χ2v) is 5.86. The topological polar surface area (TPSA) is 34.1 Å². The van der Waals surface area contributed by atoms with Crippen LogP contribution < -0.4 is 0 Å². The highest BCUT2D eigenvalue weighted by Crippen LogP contribution is 2.24. The smallest absolute Gasteiger partial charge is 0.274 e. The van der Waals surface area contributed by atoms with E-state index in [0.29, 0.717) is 10.9 Å². The summed E-state index contributed by atoms with van der Waals surface area (Å²) in [5.41, 5.74) is 0. The first-order valence-corrected chi connectivity index (χ1v) is 7.43. The van der Waals surface area contributed by atoms with Gasteiger partial charge in [-0.25, -0.2) is 0 Å². The van der Waals surface area contributed by atoms with Crippen molar-refractivity contribution in [1.29, 1.82) is 0 Å². The molecular formula is C7H18O2S2Si. The van der Waals surface area contributed by atoms with Gasteiger partial charge in [-0.05, 0) is 29.4 Å². The number of hydrogen-bond acceptors (Lipinski definition) is 3. The van der Waals surface area contributed by atoms with Gasteiger partial charge in [0.25, 0.3) is 0 Å². The van der Waals surface area contributed by atoms with Crippen LogP contribution in [0.4, 0.5) is 0 Å². The fraction of sp³-hybridized carbons (Fsp3) is 1.00. The number of hydrogen-bond donors (Lipinski definition) is 2. The molecule has 0 aromatic rings. The molecule has 0 radical (unpaired) electrons. The van der Waals surface area contributed by atoms with E-state index in [2.05, 4.69) is 26.5 Å². The van der Waals surface area contributed by atoms with Crippen LogP contribution in [0.2, 0.25) is 0 Å². The molecule has 0 rings (SSSR count). The fourth-order valence-electron chi connectivity index (χ4n) is 0.834. The Hall–Kier alpha value is 0.517. The third-order valence-electron chi connectivity index (χ3n) is 1.53. The highest BCUT2D eigenvalue weighted by Gasteiger charge is 1.95. The van der Waals surface area contributed by atoms with Crippen LogP contribution in [-0.4, -0.2) is 32.3 Å². The first-order chi connectivity index (χ1) is 5.76. The normalized spacial score (nSPS) is 9.42. The molecule has 0 heterocycles. The third-order valence-corrected chi connectivity index (χ3v) is 4.58. The molecule has 0 aliphatic rings. The van der Waals surface area contributed by atoms with E-state index in [1.165, 1.54) is 23.7 Å². The molecule has 0 saturated heterocycles. The van der Waals surface area contributed by atoms with Crippen molar-refractivity contribution < 1.29 is 8.92 Å². The Morgan fingerprint density at radius 2 is 1.67 bits per heavy atom. The molecule has 0 aliphatic heterocycles. The molecule has 0 N–H and O–H groups in total. The second-order valence-electron chi connectivity index (χ2n) is 2.19. The first-order valence-electron chi connectivity index (χ1n) is 4.09. The average molecular weight is 226 g/mol. The minimum absolute atomic E-state index is 0.389. The van der Waals surface area contributed by atoms with Crippen molar-refractivity contribution in [2.75, 3.05) is 23.0 Å². The summed E-state index contributed by atoms with van der Waals surface area (Å²) in [7, 11) is -1.03. The lowest BCUT2D eigenvalue weighted by molar-refractivity contribution is 0.497. The third kappa shape index (κ3) is 13.1. The molecular weight excluding hydrogens is 208 g/mol. The SMILES string of the molecule is CC[SH](CC)CCCS.O=[Si]=O. The van der Waals surface area contributed by atoms with Crippen LogP contribution in [0.5, 0.6) is 0 Å². The lowest BCUT2D eigenvalue weighted by atomic mass is 10.6. The molecule has 0 amide bonds. The summed E-state index contributed by atoms with van der Waals surface area (Å²) in [6, 6.07) is 0. The van der Waals surface area contributed by atoms with E-state index in [1.807, 2.05) is 0 Å². The molecule has 0 aromatic carbocycles. The van der Waals surface area contributed by atoms with Crippen LogP contribution in [0.3, 0.4) is 0 Å². The van der Waals surface area contributed by atoms with Crippen molar-refractivity contribution >= 4 is 32.8 Å². The maximum Gasteiger partial charge on any atom is 0.549 e. The van der Waals surface area contributed by atoms with E-state index in [0.717, 1.165) is 5.75 Å². The Morgan fingerprint density at radius 1 is 1.25 bits per heavy atom. The van der Waals surface area contributed by atoms with Crippen LogP contribution in [-0.2, 0) is 8.92 Å². The largest absolute Gasteiger partial charge is 0.549 e. The van der Waals surface area contributed by atoms with Gasteiger partial charge in [0.1, 0.15) is 0 Å². The van der Waals surface area contributed by atoms with E-state index in [9.17, 15) is 0 Å². The summed E-state index contributed by atoms with van der Waals surface area (Å²) in [6.45, 7) is 4.60. The van der Waals surface area contributed by atoms with Crippen molar-refractivity contribution in [3.05, 3.63) is 0 Å². The Labute approximate surface area is 85.2 Å². The minimum atomic E-state index is -1.42. The zero-order chi connectivity index (χ0) is 9.82. The van der Waals surface area contributed by atoms with E-state index in [-0.39, 0.29) is 0 Å². The predicted octanol–water partition coefficient (Wildman–Crippen LogP) is 1.73. The van der Waals surface area contributed by atoms with Gasteiger partial charge in [0, 0.05) is 0 Å². The van der Waals surface area contributed by atoms with Gasteiger partial charge < -0.3 is 0 Å². The molecule has 5 heteroatoms. The van der Waals surface area contributed by atoms with Crippen LogP contribution in [0, 0.1) is 0 Å². The number of rotatable bonds is 5. The van der Waals surface area contributed by atoms with Crippen LogP contribution in [0.25, 0.3) is 0 Å². The second kappa shape index (κ2) is 14.1. The molecule has 0 aromatic heterocycles. The first kappa shape index (κ1) is 15.0. The maximum absolute atomic E-state index is 8.40. The Balaban J connectivity index is 0. The number of thiol groups is 2. The predicted molar refractivity (Wildman–Crippen MR) is 60.5 cm³/mol. The molecule has 12 heavy (non-hydrogen) atoms. The van der Waals surface area contributed by atoms with Crippen molar-refractivity contribution in [2.45, 2.75) is 20.3 Å².